The molecular weight excluding hydrogens is 394 g/mol. The molecule has 0 spiro atoms. The van der Waals surface area contributed by atoms with E-state index in [0.29, 0.717) is 28.5 Å². The van der Waals surface area contributed by atoms with Gasteiger partial charge < -0.3 is 14.3 Å². The van der Waals surface area contributed by atoms with Crippen LogP contribution >= 0.6 is 0 Å². The van der Waals surface area contributed by atoms with E-state index in [0.717, 1.165) is 12.0 Å². The predicted octanol–water partition coefficient (Wildman–Crippen LogP) is 4.79. The van der Waals surface area contributed by atoms with Crippen molar-refractivity contribution in [3.8, 4) is 5.75 Å². The van der Waals surface area contributed by atoms with Crippen molar-refractivity contribution in [2.45, 2.75) is 26.3 Å². The lowest BCUT2D eigenvalue weighted by atomic mass is 9.98. The molecule has 0 bridgehead atoms. The number of rotatable bonds is 5. The highest BCUT2D eigenvalue weighted by atomic mass is 16.5. The topological polar surface area (TPSA) is 80.0 Å². The molecule has 2 heterocycles. The standard InChI is InChI=1S/C25H23NO5/c1-4-16-10-12-17(13-11-16)26-22(20-14-9-15(2)31-20)21(24(28)25(26)29)23(27)18-7-5-6-8-19(18)30-3/h5-14,22,27H,4H2,1-3H3/b23-21-. The van der Waals surface area contributed by atoms with Gasteiger partial charge in [0.05, 0.1) is 18.2 Å². The molecule has 0 radical (unpaired) electrons. The summed E-state index contributed by atoms with van der Waals surface area (Å²) in [5.41, 5.74) is 1.96. The molecule has 0 saturated carbocycles. The summed E-state index contributed by atoms with van der Waals surface area (Å²) in [6.45, 7) is 3.83. The Kier molecular flexibility index (Phi) is 5.38. The number of para-hydroxylation sites is 1. The lowest BCUT2D eigenvalue weighted by Gasteiger charge is -2.23. The number of aliphatic hydroxyl groups is 1. The first-order valence-corrected chi connectivity index (χ1v) is 10.1. The van der Waals surface area contributed by atoms with E-state index in [4.69, 9.17) is 9.15 Å². The van der Waals surface area contributed by atoms with Gasteiger partial charge in [-0.2, -0.15) is 0 Å². The van der Waals surface area contributed by atoms with Crippen LogP contribution < -0.4 is 9.64 Å². The van der Waals surface area contributed by atoms with E-state index in [1.165, 1.54) is 12.0 Å². The second kappa shape index (κ2) is 8.14. The van der Waals surface area contributed by atoms with Crippen molar-refractivity contribution in [2.75, 3.05) is 12.0 Å². The summed E-state index contributed by atoms with van der Waals surface area (Å²) in [5, 5.41) is 11.2. The first-order valence-electron chi connectivity index (χ1n) is 10.1. The van der Waals surface area contributed by atoms with Gasteiger partial charge in [0.1, 0.15) is 29.1 Å². The normalized spacial score (nSPS) is 17.9. The maximum Gasteiger partial charge on any atom is 0.300 e. The molecule has 1 saturated heterocycles. The summed E-state index contributed by atoms with van der Waals surface area (Å²) in [5.74, 6) is -0.371. The maximum absolute atomic E-state index is 13.1. The van der Waals surface area contributed by atoms with Crippen molar-refractivity contribution >= 4 is 23.1 Å². The Morgan fingerprint density at radius 1 is 1.06 bits per heavy atom. The number of aryl methyl sites for hydroxylation is 2. The smallest absolute Gasteiger partial charge is 0.300 e. The molecule has 2 aromatic carbocycles. The molecule has 1 fully saturated rings. The highest BCUT2D eigenvalue weighted by Gasteiger charge is 2.48. The number of carbonyl (C=O) groups excluding carboxylic acids is 2. The third-order valence-corrected chi connectivity index (χ3v) is 5.46. The summed E-state index contributed by atoms with van der Waals surface area (Å²) in [4.78, 5) is 27.6. The van der Waals surface area contributed by atoms with Crippen LogP contribution in [0.5, 0.6) is 5.75 Å². The van der Waals surface area contributed by atoms with Crippen molar-refractivity contribution in [1.29, 1.82) is 0 Å². The molecular formula is C25H23NO5. The monoisotopic (exact) mass is 417 g/mol. The zero-order valence-corrected chi connectivity index (χ0v) is 17.6. The lowest BCUT2D eigenvalue weighted by Crippen LogP contribution is -2.29. The van der Waals surface area contributed by atoms with Gasteiger partial charge in [0.2, 0.25) is 0 Å². The predicted molar refractivity (Wildman–Crippen MR) is 117 cm³/mol. The van der Waals surface area contributed by atoms with Gasteiger partial charge in [0.25, 0.3) is 11.7 Å². The summed E-state index contributed by atoms with van der Waals surface area (Å²) >= 11 is 0. The number of methoxy groups -OCH3 is 1. The van der Waals surface area contributed by atoms with Crippen molar-refractivity contribution < 1.29 is 23.8 Å². The van der Waals surface area contributed by atoms with E-state index >= 15 is 0 Å². The quantitative estimate of drug-likeness (QED) is 0.367. The van der Waals surface area contributed by atoms with Gasteiger partial charge >= 0.3 is 0 Å². The van der Waals surface area contributed by atoms with Gasteiger partial charge in [0, 0.05) is 5.69 Å². The van der Waals surface area contributed by atoms with Crippen LogP contribution in [0.2, 0.25) is 0 Å². The number of hydrogen-bond donors (Lipinski definition) is 1. The minimum Gasteiger partial charge on any atom is -0.507 e. The zero-order valence-electron chi connectivity index (χ0n) is 17.6. The van der Waals surface area contributed by atoms with Crippen LogP contribution in [0, 0.1) is 6.92 Å². The van der Waals surface area contributed by atoms with Gasteiger partial charge in [-0.15, -0.1) is 0 Å². The van der Waals surface area contributed by atoms with Crippen molar-refractivity contribution in [3.05, 3.63) is 88.9 Å². The van der Waals surface area contributed by atoms with Gasteiger partial charge in [-0.1, -0.05) is 31.2 Å². The third kappa shape index (κ3) is 3.50. The number of Topliss-reactive ketones (excluding diaryl/α,β-unsaturated/α-hetero) is 1. The van der Waals surface area contributed by atoms with E-state index in [9.17, 15) is 14.7 Å². The molecule has 31 heavy (non-hydrogen) atoms. The van der Waals surface area contributed by atoms with Crippen LogP contribution in [0.3, 0.4) is 0 Å². The molecule has 1 atom stereocenters. The first-order chi connectivity index (χ1) is 15.0. The Labute approximate surface area is 180 Å². The van der Waals surface area contributed by atoms with Crippen LogP contribution in [-0.2, 0) is 16.0 Å². The SMILES string of the molecule is CCc1ccc(N2C(=O)C(=O)/C(=C(\O)c3ccccc3OC)C2c2ccc(C)o2)cc1. The summed E-state index contributed by atoms with van der Waals surface area (Å²) in [7, 11) is 1.48. The Hall–Kier alpha value is -3.80. The van der Waals surface area contributed by atoms with Crippen LogP contribution in [0.4, 0.5) is 5.69 Å². The number of ketones is 1. The van der Waals surface area contributed by atoms with Crippen molar-refractivity contribution in [2.24, 2.45) is 0 Å². The van der Waals surface area contributed by atoms with Crippen LogP contribution in [0.25, 0.3) is 5.76 Å². The Morgan fingerprint density at radius 3 is 2.39 bits per heavy atom. The molecule has 1 aliphatic heterocycles. The number of nitrogens with zero attached hydrogens (tertiary/aromatic N) is 1. The molecule has 158 valence electrons. The number of carbonyl (C=O) groups is 2. The number of aliphatic hydroxyl groups excluding tert-OH is 1. The number of furan rings is 1. The average molecular weight is 417 g/mol. The second-order valence-corrected chi connectivity index (χ2v) is 7.34. The Morgan fingerprint density at radius 2 is 1.77 bits per heavy atom. The average Bonchev–Trinajstić information content (AvgIpc) is 3.34. The van der Waals surface area contributed by atoms with Gasteiger partial charge in [-0.05, 0) is 55.3 Å². The fourth-order valence-corrected chi connectivity index (χ4v) is 3.85. The van der Waals surface area contributed by atoms with Gasteiger partial charge in [0.15, 0.2) is 0 Å². The summed E-state index contributed by atoms with van der Waals surface area (Å²) in [6, 6.07) is 16.8. The summed E-state index contributed by atoms with van der Waals surface area (Å²) in [6.07, 6.45) is 0.855. The fraction of sp³-hybridized carbons (Fsp3) is 0.200. The van der Waals surface area contributed by atoms with Gasteiger partial charge in [-0.3, -0.25) is 14.5 Å². The number of amides is 1. The van der Waals surface area contributed by atoms with E-state index in [2.05, 4.69) is 0 Å². The van der Waals surface area contributed by atoms with Gasteiger partial charge in [-0.25, -0.2) is 0 Å². The lowest BCUT2D eigenvalue weighted by molar-refractivity contribution is -0.132. The molecule has 4 rings (SSSR count). The third-order valence-electron chi connectivity index (χ3n) is 5.46. The molecule has 6 heteroatoms. The van der Waals surface area contributed by atoms with E-state index in [1.54, 1.807) is 55.5 Å². The molecule has 1 unspecified atom stereocenters. The second-order valence-electron chi connectivity index (χ2n) is 7.34. The number of hydrogen-bond acceptors (Lipinski definition) is 5. The largest absolute Gasteiger partial charge is 0.507 e. The maximum atomic E-state index is 13.1. The van der Waals surface area contributed by atoms with E-state index < -0.39 is 17.7 Å². The van der Waals surface area contributed by atoms with Crippen molar-refractivity contribution in [3.63, 3.8) is 0 Å². The first kappa shape index (κ1) is 20.5. The van der Waals surface area contributed by atoms with Crippen molar-refractivity contribution in [1.82, 2.24) is 0 Å². The number of ether oxygens (including phenoxy) is 1. The minimum atomic E-state index is -0.897. The minimum absolute atomic E-state index is 0.0385. The van der Waals surface area contributed by atoms with Crippen LogP contribution in [0.1, 0.15) is 35.6 Å². The van der Waals surface area contributed by atoms with Crippen LogP contribution in [-0.4, -0.2) is 23.9 Å². The highest BCUT2D eigenvalue weighted by Crippen LogP contribution is 2.43. The molecule has 6 nitrogen and oxygen atoms in total. The molecule has 1 aromatic heterocycles. The number of benzene rings is 2. The van der Waals surface area contributed by atoms with E-state index in [1.807, 2.05) is 19.1 Å². The molecule has 0 aliphatic carbocycles. The van der Waals surface area contributed by atoms with Crippen LogP contribution in [0.15, 0.2) is 70.7 Å². The zero-order chi connectivity index (χ0) is 22.1. The van der Waals surface area contributed by atoms with E-state index in [-0.39, 0.29) is 11.3 Å². The fourth-order valence-electron chi connectivity index (χ4n) is 3.85. The Balaban J connectivity index is 1.93. The molecule has 3 aromatic rings. The Bertz CT molecular complexity index is 1170. The molecule has 1 amide bonds. The molecule has 1 N–H and O–H groups in total. The summed E-state index contributed by atoms with van der Waals surface area (Å²) < 4.78 is 11.2. The molecule has 1 aliphatic rings. The highest BCUT2D eigenvalue weighted by molar-refractivity contribution is 6.51. The number of anilines is 1.